The predicted molar refractivity (Wildman–Crippen MR) is 67.6 cm³/mol. The van der Waals surface area contributed by atoms with Crippen molar-refractivity contribution >= 4 is 27.5 Å². The van der Waals surface area contributed by atoms with Crippen molar-refractivity contribution in [1.82, 2.24) is 0 Å². The molecule has 0 aliphatic rings. The minimum absolute atomic E-state index is 0.0227. The average molecular weight is 283 g/mol. The zero-order valence-corrected chi connectivity index (χ0v) is 11.3. The van der Waals surface area contributed by atoms with Crippen molar-refractivity contribution in [1.29, 1.82) is 0 Å². The van der Waals surface area contributed by atoms with Gasteiger partial charge in [0.1, 0.15) is 5.78 Å². The molecule has 0 saturated heterocycles. The van der Waals surface area contributed by atoms with E-state index in [1.54, 1.807) is 24.3 Å². The summed E-state index contributed by atoms with van der Waals surface area (Å²) in [6.45, 7) is 5.47. The fourth-order valence-electron chi connectivity index (χ4n) is 1.15. The van der Waals surface area contributed by atoms with Crippen molar-refractivity contribution in [2.24, 2.45) is 5.41 Å². The lowest BCUT2D eigenvalue weighted by Gasteiger charge is -2.15. The van der Waals surface area contributed by atoms with Gasteiger partial charge in [0, 0.05) is 15.5 Å². The van der Waals surface area contributed by atoms with Crippen LogP contribution in [0.2, 0.25) is 0 Å². The second kappa shape index (κ2) is 4.91. The van der Waals surface area contributed by atoms with Gasteiger partial charge < -0.3 is 0 Å². The fourth-order valence-corrected chi connectivity index (χ4v) is 1.41. The third-order valence-electron chi connectivity index (χ3n) is 2.32. The van der Waals surface area contributed by atoms with Crippen LogP contribution >= 0.6 is 15.9 Å². The molecule has 16 heavy (non-hydrogen) atoms. The highest BCUT2D eigenvalue weighted by Crippen LogP contribution is 2.19. The van der Waals surface area contributed by atoms with Crippen molar-refractivity contribution in [2.75, 3.05) is 0 Å². The van der Waals surface area contributed by atoms with Crippen molar-refractivity contribution in [2.45, 2.75) is 27.2 Å². The van der Waals surface area contributed by atoms with E-state index in [-0.39, 0.29) is 18.0 Å². The monoisotopic (exact) mass is 282 g/mol. The normalized spacial score (nSPS) is 11.2. The summed E-state index contributed by atoms with van der Waals surface area (Å²) in [5, 5.41) is 0. The number of benzene rings is 1. The Hall–Kier alpha value is -0.960. The number of ketones is 2. The number of carbonyl (C=O) groups excluding carboxylic acids is 2. The number of carbonyl (C=O) groups is 2. The van der Waals surface area contributed by atoms with Crippen molar-refractivity contribution in [3.63, 3.8) is 0 Å². The summed E-state index contributed by atoms with van der Waals surface area (Å²) in [5.74, 6) is -0.146. The van der Waals surface area contributed by atoms with E-state index in [4.69, 9.17) is 0 Å². The first kappa shape index (κ1) is 13.1. The second-order valence-electron chi connectivity index (χ2n) is 4.78. The highest BCUT2D eigenvalue weighted by Gasteiger charge is 2.23. The van der Waals surface area contributed by atoms with Crippen LogP contribution in [-0.2, 0) is 4.79 Å². The van der Waals surface area contributed by atoms with Gasteiger partial charge >= 0.3 is 0 Å². The molecule has 0 aliphatic heterocycles. The molecule has 0 aliphatic carbocycles. The summed E-state index contributed by atoms with van der Waals surface area (Å²) < 4.78 is 0.922. The summed E-state index contributed by atoms with van der Waals surface area (Å²) in [5.41, 5.74) is 0.131. The summed E-state index contributed by atoms with van der Waals surface area (Å²) in [6, 6.07) is 7.05. The zero-order valence-electron chi connectivity index (χ0n) is 9.71. The lowest BCUT2D eigenvalue weighted by molar-refractivity contribution is -0.125. The van der Waals surface area contributed by atoms with Crippen LogP contribution in [0.25, 0.3) is 0 Å². The van der Waals surface area contributed by atoms with E-state index >= 15 is 0 Å². The quantitative estimate of drug-likeness (QED) is 0.627. The highest BCUT2D eigenvalue weighted by molar-refractivity contribution is 9.10. The van der Waals surface area contributed by atoms with Gasteiger partial charge in [0.2, 0.25) is 0 Å². The SMILES string of the molecule is CC(C)(C)C(=O)CC(=O)c1ccc(Br)cc1. The number of halogens is 1. The second-order valence-corrected chi connectivity index (χ2v) is 5.70. The zero-order chi connectivity index (χ0) is 12.3. The molecule has 0 bridgehead atoms. The van der Waals surface area contributed by atoms with E-state index < -0.39 is 5.41 Å². The van der Waals surface area contributed by atoms with Crippen LogP contribution < -0.4 is 0 Å². The van der Waals surface area contributed by atoms with Gasteiger partial charge in [0.15, 0.2) is 5.78 Å². The molecule has 0 fully saturated rings. The van der Waals surface area contributed by atoms with Gasteiger partial charge in [0.25, 0.3) is 0 Å². The Balaban J connectivity index is 2.74. The van der Waals surface area contributed by atoms with Gasteiger partial charge in [-0.25, -0.2) is 0 Å². The Bertz CT molecular complexity index is 399. The van der Waals surface area contributed by atoms with Crippen LogP contribution in [0, 0.1) is 5.41 Å². The smallest absolute Gasteiger partial charge is 0.170 e. The van der Waals surface area contributed by atoms with E-state index in [1.165, 1.54) is 0 Å². The molecular formula is C13H15BrO2. The van der Waals surface area contributed by atoms with E-state index in [0.29, 0.717) is 5.56 Å². The standard InChI is InChI=1S/C13H15BrO2/c1-13(2,3)12(16)8-11(15)9-4-6-10(14)7-5-9/h4-7H,8H2,1-3H3. The van der Waals surface area contributed by atoms with Crippen molar-refractivity contribution in [3.05, 3.63) is 34.3 Å². The summed E-state index contributed by atoms with van der Waals surface area (Å²) in [6.07, 6.45) is -0.0227. The summed E-state index contributed by atoms with van der Waals surface area (Å²) in [7, 11) is 0. The van der Waals surface area contributed by atoms with Crippen LogP contribution in [0.4, 0.5) is 0 Å². The van der Waals surface area contributed by atoms with E-state index in [9.17, 15) is 9.59 Å². The minimum atomic E-state index is -0.453. The minimum Gasteiger partial charge on any atom is -0.299 e. The largest absolute Gasteiger partial charge is 0.299 e. The lowest BCUT2D eigenvalue weighted by atomic mass is 9.87. The first-order chi connectivity index (χ1) is 7.30. The molecule has 0 spiro atoms. The molecule has 86 valence electrons. The molecule has 1 aromatic carbocycles. The van der Waals surface area contributed by atoms with Gasteiger partial charge in [-0.2, -0.15) is 0 Å². The number of hydrogen-bond donors (Lipinski definition) is 0. The van der Waals surface area contributed by atoms with Gasteiger partial charge in [0.05, 0.1) is 6.42 Å². The molecule has 0 atom stereocenters. The van der Waals surface area contributed by atoms with E-state index in [0.717, 1.165) is 4.47 Å². The maximum absolute atomic E-state index is 11.8. The van der Waals surface area contributed by atoms with Gasteiger partial charge in [-0.3, -0.25) is 9.59 Å². The Kier molecular flexibility index (Phi) is 4.03. The molecule has 0 aromatic heterocycles. The molecule has 0 amide bonds. The topological polar surface area (TPSA) is 34.1 Å². The fraction of sp³-hybridized carbons (Fsp3) is 0.385. The Morgan fingerprint density at radius 3 is 2.06 bits per heavy atom. The lowest BCUT2D eigenvalue weighted by Crippen LogP contribution is -2.23. The van der Waals surface area contributed by atoms with Crippen LogP contribution in [0.5, 0.6) is 0 Å². The Morgan fingerprint density at radius 1 is 1.12 bits per heavy atom. The molecule has 0 saturated carbocycles. The first-order valence-electron chi connectivity index (χ1n) is 5.13. The molecule has 1 aromatic rings. The molecule has 0 heterocycles. The molecular weight excluding hydrogens is 268 g/mol. The predicted octanol–water partition coefficient (Wildman–Crippen LogP) is 3.64. The highest BCUT2D eigenvalue weighted by atomic mass is 79.9. The van der Waals surface area contributed by atoms with Crippen molar-refractivity contribution in [3.8, 4) is 0 Å². The Morgan fingerprint density at radius 2 is 1.62 bits per heavy atom. The van der Waals surface area contributed by atoms with Gasteiger partial charge in [-0.05, 0) is 12.1 Å². The molecule has 2 nitrogen and oxygen atoms in total. The summed E-state index contributed by atoms with van der Waals surface area (Å²) >= 11 is 3.30. The first-order valence-corrected chi connectivity index (χ1v) is 5.92. The average Bonchev–Trinajstić information content (AvgIpc) is 2.17. The number of rotatable bonds is 3. The van der Waals surface area contributed by atoms with Crippen LogP contribution in [-0.4, -0.2) is 11.6 Å². The van der Waals surface area contributed by atoms with E-state index in [1.807, 2.05) is 20.8 Å². The van der Waals surface area contributed by atoms with Crippen LogP contribution in [0.3, 0.4) is 0 Å². The van der Waals surface area contributed by atoms with Crippen LogP contribution in [0.1, 0.15) is 37.6 Å². The molecule has 1 rings (SSSR count). The van der Waals surface area contributed by atoms with Gasteiger partial charge in [-0.1, -0.05) is 48.8 Å². The van der Waals surface area contributed by atoms with Crippen molar-refractivity contribution < 1.29 is 9.59 Å². The number of hydrogen-bond acceptors (Lipinski definition) is 2. The maximum atomic E-state index is 11.8. The van der Waals surface area contributed by atoms with Crippen LogP contribution in [0.15, 0.2) is 28.7 Å². The molecule has 3 heteroatoms. The number of Topliss-reactive ketones (excluding diaryl/α,β-unsaturated/α-hetero) is 2. The molecule has 0 radical (unpaired) electrons. The molecule has 0 N–H and O–H groups in total. The third kappa shape index (κ3) is 3.56. The van der Waals surface area contributed by atoms with Gasteiger partial charge in [-0.15, -0.1) is 0 Å². The Labute approximate surface area is 104 Å². The maximum Gasteiger partial charge on any atom is 0.170 e. The van der Waals surface area contributed by atoms with E-state index in [2.05, 4.69) is 15.9 Å². The summed E-state index contributed by atoms with van der Waals surface area (Å²) in [4.78, 5) is 23.5. The third-order valence-corrected chi connectivity index (χ3v) is 2.85. The molecule has 0 unspecified atom stereocenters.